The molecular weight excluding hydrogens is 300 g/mol. The van der Waals surface area contributed by atoms with E-state index in [0.717, 1.165) is 44.2 Å². The maximum absolute atomic E-state index is 11.6. The maximum Gasteiger partial charge on any atom is 0.159 e. The van der Waals surface area contributed by atoms with Gasteiger partial charge in [-0.2, -0.15) is 0 Å². The molecule has 4 heteroatoms. The molecule has 0 amide bonds. The highest BCUT2D eigenvalue weighted by Crippen LogP contribution is 2.28. The molecule has 1 aromatic carbocycles. The van der Waals surface area contributed by atoms with Crippen molar-refractivity contribution >= 4 is 5.78 Å². The lowest BCUT2D eigenvalue weighted by molar-refractivity contribution is 0.0267. The summed E-state index contributed by atoms with van der Waals surface area (Å²) in [5.74, 6) is 0.126. The summed E-state index contributed by atoms with van der Waals surface area (Å²) in [6.45, 7) is 5.96. The summed E-state index contributed by atoms with van der Waals surface area (Å²) >= 11 is 0. The lowest BCUT2D eigenvalue weighted by Crippen LogP contribution is -2.56. The van der Waals surface area contributed by atoms with E-state index in [4.69, 9.17) is 0 Å². The van der Waals surface area contributed by atoms with Crippen LogP contribution in [0.3, 0.4) is 0 Å². The minimum absolute atomic E-state index is 0.126. The van der Waals surface area contributed by atoms with Gasteiger partial charge in [0, 0.05) is 50.4 Å². The number of hydrogen-bond donors (Lipinski definition) is 1. The molecule has 0 spiro atoms. The lowest BCUT2D eigenvalue weighted by Gasteiger charge is -2.44. The zero-order chi connectivity index (χ0) is 16.9. The minimum atomic E-state index is 0.126. The number of aliphatic hydroxyl groups is 1. The third-order valence-electron chi connectivity index (χ3n) is 5.61. The fraction of sp³-hybridized carbons (Fsp3) is 0.650. The predicted octanol–water partition coefficient (Wildman–Crippen LogP) is 2.70. The van der Waals surface area contributed by atoms with Crippen molar-refractivity contribution in [2.75, 3.05) is 26.2 Å². The summed E-state index contributed by atoms with van der Waals surface area (Å²) in [6, 6.07) is 9.18. The smallest absolute Gasteiger partial charge is 0.159 e. The van der Waals surface area contributed by atoms with Crippen LogP contribution in [0.1, 0.15) is 54.9 Å². The molecule has 3 rings (SSSR count). The van der Waals surface area contributed by atoms with Gasteiger partial charge in [-0.05, 0) is 37.8 Å². The monoisotopic (exact) mass is 330 g/mol. The lowest BCUT2D eigenvalue weighted by atomic mass is 10.0. The molecule has 0 aromatic heterocycles. The largest absolute Gasteiger partial charge is 0.396 e. The Morgan fingerprint density at radius 2 is 2.04 bits per heavy atom. The van der Waals surface area contributed by atoms with Crippen molar-refractivity contribution < 1.29 is 9.90 Å². The Bertz CT molecular complexity index is 554. The van der Waals surface area contributed by atoms with Gasteiger partial charge in [-0.15, -0.1) is 0 Å². The molecule has 1 N–H and O–H groups in total. The highest BCUT2D eigenvalue weighted by Gasteiger charge is 2.32. The van der Waals surface area contributed by atoms with Gasteiger partial charge in [-0.25, -0.2) is 0 Å². The molecular formula is C20H30N2O2. The van der Waals surface area contributed by atoms with Gasteiger partial charge < -0.3 is 5.11 Å². The average molecular weight is 330 g/mol. The number of ketones is 1. The Labute approximate surface area is 145 Å². The number of piperazine rings is 1. The Balaban J connectivity index is 1.63. The van der Waals surface area contributed by atoms with Gasteiger partial charge in [-0.1, -0.05) is 31.0 Å². The second kappa shape index (κ2) is 8.24. The highest BCUT2D eigenvalue weighted by atomic mass is 16.3. The van der Waals surface area contributed by atoms with Crippen LogP contribution in [0.4, 0.5) is 0 Å². The SMILES string of the molecule is CC(=O)c1cccc(CN2CCN(C3CCCC3)[C@H](CCO)C2)c1. The van der Waals surface area contributed by atoms with Crippen LogP contribution < -0.4 is 0 Å². The average Bonchev–Trinajstić information content (AvgIpc) is 3.10. The van der Waals surface area contributed by atoms with Crippen LogP contribution in [0.25, 0.3) is 0 Å². The Hall–Kier alpha value is -1.23. The van der Waals surface area contributed by atoms with Gasteiger partial charge in [0.25, 0.3) is 0 Å². The molecule has 0 unspecified atom stereocenters. The van der Waals surface area contributed by atoms with E-state index in [1.807, 2.05) is 18.2 Å². The van der Waals surface area contributed by atoms with Gasteiger partial charge in [0.2, 0.25) is 0 Å². The first-order valence-corrected chi connectivity index (χ1v) is 9.36. The van der Waals surface area contributed by atoms with Gasteiger partial charge in [0.15, 0.2) is 5.78 Å². The third-order valence-corrected chi connectivity index (χ3v) is 5.61. The van der Waals surface area contributed by atoms with Crippen LogP contribution in [0.2, 0.25) is 0 Å². The molecule has 0 radical (unpaired) electrons. The van der Waals surface area contributed by atoms with E-state index in [1.165, 1.54) is 31.2 Å². The van der Waals surface area contributed by atoms with Crippen molar-refractivity contribution in [3.05, 3.63) is 35.4 Å². The number of hydrogen-bond acceptors (Lipinski definition) is 4. The molecule has 1 saturated carbocycles. The number of aliphatic hydroxyl groups excluding tert-OH is 1. The maximum atomic E-state index is 11.6. The quantitative estimate of drug-likeness (QED) is 0.815. The van der Waals surface area contributed by atoms with Crippen LogP contribution in [-0.4, -0.2) is 59.0 Å². The van der Waals surface area contributed by atoms with Gasteiger partial charge >= 0.3 is 0 Å². The molecule has 24 heavy (non-hydrogen) atoms. The summed E-state index contributed by atoms with van der Waals surface area (Å²) in [6.07, 6.45) is 6.22. The number of carbonyl (C=O) groups excluding carboxylic acids is 1. The molecule has 0 bridgehead atoms. The van der Waals surface area contributed by atoms with E-state index in [2.05, 4.69) is 15.9 Å². The fourth-order valence-corrected chi connectivity index (χ4v) is 4.35. The van der Waals surface area contributed by atoms with Gasteiger partial charge in [0.1, 0.15) is 0 Å². The van der Waals surface area contributed by atoms with E-state index in [1.54, 1.807) is 6.92 Å². The molecule has 4 nitrogen and oxygen atoms in total. The number of benzene rings is 1. The summed E-state index contributed by atoms with van der Waals surface area (Å²) < 4.78 is 0. The van der Waals surface area contributed by atoms with E-state index < -0.39 is 0 Å². The third kappa shape index (κ3) is 4.24. The molecule has 132 valence electrons. The van der Waals surface area contributed by atoms with E-state index in [0.29, 0.717) is 6.04 Å². The van der Waals surface area contributed by atoms with Crippen LogP contribution in [0, 0.1) is 0 Å². The van der Waals surface area contributed by atoms with Crippen molar-refractivity contribution in [1.29, 1.82) is 0 Å². The van der Waals surface area contributed by atoms with Crippen LogP contribution in [-0.2, 0) is 6.54 Å². The Morgan fingerprint density at radius 3 is 2.75 bits per heavy atom. The van der Waals surface area contributed by atoms with E-state index in [9.17, 15) is 9.90 Å². The predicted molar refractivity (Wildman–Crippen MR) is 96.2 cm³/mol. The number of Topliss-reactive ketones (excluding diaryl/α,β-unsaturated/α-hetero) is 1. The Morgan fingerprint density at radius 1 is 1.25 bits per heavy atom. The summed E-state index contributed by atoms with van der Waals surface area (Å²) in [7, 11) is 0. The first-order valence-electron chi connectivity index (χ1n) is 9.36. The van der Waals surface area contributed by atoms with Crippen LogP contribution >= 0.6 is 0 Å². The van der Waals surface area contributed by atoms with Crippen LogP contribution in [0.5, 0.6) is 0 Å². The van der Waals surface area contributed by atoms with Crippen LogP contribution in [0.15, 0.2) is 24.3 Å². The molecule has 1 aliphatic carbocycles. The molecule has 2 aliphatic rings. The second-order valence-electron chi connectivity index (χ2n) is 7.33. The molecule has 1 atom stereocenters. The fourth-order valence-electron chi connectivity index (χ4n) is 4.35. The summed E-state index contributed by atoms with van der Waals surface area (Å²) in [5, 5.41) is 9.47. The molecule has 1 aliphatic heterocycles. The first-order chi connectivity index (χ1) is 11.7. The second-order valence-corrected chi connectivity index (χ2v) is 7.33. The standard InChI is InChI=1S/C20H30N2O2/c1-16(24)18-6-4-5-17(13-18)14-21-10-11-22(19-7-2-3-8-19)20(15-21)9-12-23/h4-6,13,19-20,23H,2-3,7-12,14-15H2,1H3/t20-/m1/s1. The van der Waals surface area contributed by atoms with Crippen molar-refractivity contribution in [3.63, 3.8) is 0 Å². The first kappa shape index (κ1) is 17.6. The van der Waals surface area contributed by atoms with E-state index in [-0.39, 0.29) is 12.4 Å². The van der Waals surface area contributed by atoms with Crippen molar-refractivity contribution in [3.8, 4) is 0 Å². The van der Waals surface area contributed by atoms with Gasteiger partial charge in [-0.3, -0.25) is 14.6 Å². The number of carbonyl (C=O) groups is 1. The highest BCUT2D eigenvalue weighted by molar-refractivity contribution is 5.94. The van der Waals surface area contributed by atoms with Crippen molar-refractivity contribution in [2.24, 2.45) is 0 Å². The summed E-state index contributed by atoms with van der Waals surface area (Å²) in [5.41, 5.74) is 2.00. The number of rotatable bonds is 6. The summed E-state index contributed by atoms with van der Waals surface area (Å²) in [4.78, 5) is 16.7. The molecule has 1 saturated heterocycles. The number of nitrogens with zero attached hydrogens (tertiary/aromatic N) is 2. The minimum Gasteiger partial charge on any atom is -0.396 e. The molecule has 2 fully saturated rings. The van der Waals surface area contributed by atoms with Gasteiger partial charge in [0.05, 0.1) is 0 Å². The molecule has 1 heterocycles. The zero-order valence-corrected chi connectivity index (χ0v) is 14.8. The van der Waals surface area contributed by atoms with E-state index >= 15 is 0 Å². The zero-order valence-electron chi connectivity index (χ0n) is 14.8. The Kier molecular flexibility index (Phi) is 6.04. The van der Waals surface area contributed by atoms with Crippen molar-refractivity contribution in [1.82, 2.24) is 9.80 Å². The molecule has 1 aromatic rings. The topological polar surface area (TPSA) is 43.8 Å². The van der Waals surface area contributed by atoms with Crippen molar-refractivity contribution in [2.45, 2.75) is 57.7 Å². The normalized spacial score (nSPS) is 23.7.